The minimum atomic E-state index is 0.0814. The number of aromatic nitrogens is 1. The number of rotatable bonds is 4. The summed E-state index contributed by atoms with van der Waals surface area (Å²) in [5.41, 5.74) is 0.0814. The molecule has 100 valence electrons. The molecule has 0 spiro atoms. The summed E-state index contributed by atoms with van der Waals surface area (Å²) in [4.78, 5) is 7.12. The molecule has 0 bridgehead atoms. The first-order chi connectivity index (χ1) is 8.66. The van der Waals surface area contributed by atoms with E-state index in [1.165, 1.54) is 43.8 Å². The van der Waals surface area contributed by atoms with Crippen LogP contribution in [0.15, 0.2) is 11.6 Å². The van der Waals surface area contributed by atoms with E-state index in [1.807, 2.05) is 6.20 Å². The van der Waals surface area contributed by atoms with E-state index in [0.717, 1.165) is 6.04 Å². The number of nitrogens with zero attached hydrogens (tertiary/aromatic N) is 2. The van der Waals surface area contributed by atoms with Gasteiger partial charge < -0.3 is 5.32 Å². The Morgan fingerprint density at radius 3 is 2.83 bits per heavy atom. The van der Waals surface area contributed by atoms with E-state index in [2.05, 4.69) is 34.4 Å². The Hall–Kier alpha value is -0.450. The van der Waals surface area contributed by atoms with Crippen LogP contribution in [0.2, 0.25) is 0 Å². The minimum Gasteiger partial charge on any atom is -0.310 e. The molecule has 1 aromatic rings. The highest BCUT2D eigenvalue weighted by atomic mass is 32.1. The van der Waals surface area contributed by atoms with Gasteiger partial charge in [0.1, 0.15) is 5.01 Å². The van der Waals surface area contributed by atoms with E-state index in [4.69, 9.17) is 0 Å². The lowest BCUT2D eigenvalue weighted by atomic mass is 9.97. The fraction of sp³-hybridized carbons (Fsp3) is 0.786. The van der Waals surface area contributed by atoms with E-state index < -0.39 is 0 Å². The van der Waals surface area contributed by atoms with Crippen molar-refractivity contribution in [2.75, 3.05) is 13.1 Å². The highest BCUT2D eigenvalue weighted by molar-refractivity contribution is 7.09. The summed E-state index contributed by atoms with van der Waals surface area (Å²) in [5, 5.41) is 7.11. The Kier molecular flexibility index (Phi) is 3.43. The average molecular weight is 265 g/mol. The van der Waals surface area contributed by atoms with Crippen LogP contribution in [-0.4, -0.2) is 35.1 Å². The van der Waals surface area contributed by atoms with E-state index >= 15 is 0 Å². The Morgan fingerprint density at radius 2 is 2.17 bits per heavy atom. The van der Waals surface area contributed by atoms with Gasteiger partial charge in [0.05, 0.1) is 5.54 Å². The predicted molar refractivity (Wildman–Crippen MR) is 75.9 cm³/mol. The maximum absolute atomic E-state index is 4.52. The van der Waals surface area contributed by atoms with Crippen molar-refractivity contribution in [2.45, 2.75) is 57.2 Å². The fourth-order valence-electron chi connectivity index (χ4n) is 2.87. The van der Waals surface area contributed by atoms with Crippen LogP contribution in [0.3, 0.4) is 0 Å². The number of hydrogen-bond donors (Lipinski definition) is 1. The van der Waals surface area contributed by atoms with Crippen LogP contribution in [0.1, 0.15) is 44.5 Å². The number of hydrogen-bond acceptors (Lipinski definition) is 4. The van der Waals surface area contributed by atoms with Crippen LogP contribution in [0, 0.1) is 0 Å². The topological polar surface area (TPSA) is 28.2 Å². The van der Waals surface area contributed by atoms with E-state index in [9.17, 15) is 0 Å². The van der Waals surface area contributed by atoms with Gasteiger partial charge in [-0.2, -0.15) is 0 Å². The van der Waals surface area contributed by atoms with Gasteiger partial charge in [-0.25, -0.2) is 4.98 Å². The van der Waals surface area contributed by atoms with Crippen LogP contribution in [-0.2, 0) is 5.54 Å². The van der Waals surface area contributed by atoms with E-state index in [0.29, 0.717) is 6.04 Å². The van der Waals surface area contributed by atoms with Crippen molar-refractivity contribution in [3.05, 3.63) is 16.6 Å². The van der Waals surface area contributed by atoms with Crippen molar-refractivity contribution >= 4 is 11.3 Å². The van der Waals surface area contributed by atoms with Crippen LogP contribution in [0.25, 0.3) is 0 Å². The molecule has 4 heteroatoms. The molecule has 0 radical (unpaired) electrons. The van der Waals surface area contributed by atoms with E-state index in [-0.39, 0.29) is 5.54 Å². The maximum atomic E-state index is 4.52. The molecule has 1 aliphatic carbocycles. The zero-order chi connectivity index (χ0) is 12.6. The molecule has 1 saturated heterocycles. The van der Waals surface area contributed by atoms with Gasteiger partial charge in [-0.1, -0.05) is 0 Å². The highest BCUT2D eigenvalue weighted by Crippen LogP contribution is 2.32. The largest absolute Gasteiger partial charge is 0.310 e. The van der Waals surface area contributed by atoms with Crippen LogP contribution in [0.4, 0.5) is 0 Å². The van der Waals surface area contributed by atoms with Gasteiger partial charge >= 0.3 is 0 Å². The SMILES string of the molecule is CC(C)(c1nccs1)N1CCCC(NC2CC2)C1. The Bertz CT molecular complexity index is 384. The van der Waals surface area contributed by atoms with Crippen molar-refractivity contribution in [3.8, 4) is 0 Å². The highest BCUT2D eigenvalue weighted by Gasteiger charge is 2.35. The van der Waals surface area contributed by atoms with Crippen molar-refractivity contribution in [1.82, 2.24) is 15.2 Å². The lowest BCUT2D eigenvalue weighted by Crippen LogP contribution is -2.52. The molecule has 3 nitrogen and oxygen atoms in total. The molecule has 0 amide bonds. The van der Waals surface area contributed by atoms with Crippen LogP contribution in [0.5, 0.6) is 0 Å². The first kappa shape index (κ1) is 12.6. The zero-order valence-electron chi connectivity index (χ0n) is 11.4. The van der Waals surface area contributed by atoms with Crippen LogP contribution < -0.4 is 5.32 Å². The predicted octanol–water partition coefficient (Wildman–Crippen LogP) is 2.59. The lowest BCUT2D eigenvalue weighted by Gasteiger charge is -2.42. The quantitative estimate of drug-likeness (QED) is 0.907. The van der Waals surface area contributed by atoms with Gasteiger partial charge in [0.25, 0.3) is 0 Å². The third kappa shape index (κ3) is 2.60. The summed E-state index contributed by atoms with van der Waals surface area (Å²) in [6.45, 7) is 7.00. The standard InChI is InChI=1S/C14H23N3S/c1-14(2,13-15-7-9-18-13)17-8-3-4-12(10-17)16-11-5-6-11/h7,9,11-12,16H,3-6,8,10H2,1-2H3. The summed E-state index contributed by atoms with van der Waals surface area (Å²) >= 11 is 1.78. The average Bonchev–Trinajstić information content (AvgIpc) is 2.99. The Labute approximate surface area is 114 Å². The lowest BCUT2D eigenvalue weighted by molar-refractivity contribution is 0.0754. The molecule has 1 saturated carbocycles. The molecule has 0 aromatic carbocycles. The van der Waals surface area contributed by atoms with Gasteiger partial charge in [-0.3, -0.25) is 4.90 Å². The summed E-state index contributed by atoms with van der Waals surface area (Å²) in [7, 11) is 0. The molecule has 2 fully saturated rings. The number of likely N-dealkylation sites (tertiary alicyclic amines) is 1. The second-order valence-electron chi connectivity index (χ2n) is 6.12. The third-order valence-electron chi connectivity index (χ3n) is 4.22. The van der Waals surface area contributed by atoms with Crippen molar-refractivity contribution < 1.29 is 0 Å². The molecule has 2 aliphatic rings. The minimum absolute atomic E-state index is 0.0814. The second kappa shape index (κ2) is 4.91. The molecular formula is C14H23N3S. The second-order valence-corrected chi connectivity index (χ2v) is 7.02. The fourth-order valence-corrected chi connectivity index (χ4v) is 3.65. The van der Waals surface area contributed by atoms with Gasteiger partial charge in [-0.15, -0.1) is 11.3 Å². The Balaban J connectivity index is 1.67. The zero-order valence-corrected chi connectivity index (χ0v) is 12.2. The van der Waals surface area contributed by atoms with E-state index in [1.54, 1.807) is 11.3 Å². The third-order valence-corrected chi connectivity index (χ3v) is 5.30. The van der Waals surface area contributed by atoms with Gasteiger partial charge in [0.15, 0.2) is 0 Å². The molecule has 18 heavy (non-hydrogen) atoms. The molecule has 2 heterocycles. The van der Waals surface area contributed by atoms with Crippen molar-refractivity contribution in [3.63, 3.8) is 0 Å². The first-order valence-electron chi connectivity index (χ1n) is 7.07. The monoisotopic (exact) mass is 265 g/mol. The maximum Gasteiger partial charge on any atom is 0.112 e. The number of nitrogens with one attached hydrogen (secondary N) is 1. The summed E-state index contributed by atoms with van der Waals surface area (Å²) in [5.74, 6) is 0. The molecular weight excluding hydrogens is 242 g/mol. The molecule has 1 aromatic heterocycles. The van der Waals surface area contributed by atoms with Gasteiger partial charge in [0, 0.05) is 30.2 Å². The van der Waals surface area contributed by atoms with Crippen molar-refractivity contribution in [2.24, 2.45) is 0 Å². The molecule has 1 atom stereocenters. The summed E-state index contributed by atoms with van der Waals surface area (Å²) in [6.07, 6.45) is 7.32. The summed E-state index contributed by atoms with van der Waals surface area (Å²) < 4.78 is 0. The Morgan fingerprint density at radius 1 is 1.33 bits per heavy atom. The smallest absolute Gasteiger partial charge is 0.112 e. The molecule has 1 N–H and O–H groups in total. The van der Waals surface area contributed by atoms with Gasteiger partial charge in [0.2, 0.25) is 0 Å². The molecule has 1 aliphatic heterocycles. The molecule has 3 rings (SSSR count). The number of thiazole rings is 1. The normalized spacial score (nSPS) is 26.4. The number of piperidine rings is 1. The molecule has 1 unspecified atom stereocenters. The first-order valence-corrected chi connectivity index (χ1v) is 7.95. The van der Waals surface area contributed by atoms with Crippen LogP contribution >= 0.6 is 11.3 Å². The van der Waals surface area contributed by atoms with Gasteiger partial charge in [-0.05, 0) is 46.1 Å². The summed E-state index contributed by atoms with van der Waals surface area (Å²) in [6, 6.07) is 1.50. The van der Waals surface area contributed by atoms with Crippen molar-refractivity contribution in [1.29, 1.82) is 0 Å².